The molecule has 0 atom stereocenters. The zero-order valence-electron chi connectivity index (χ0n) is 12.0. The molecule has 0 unspecified atom stereocenters. The van der Waals surface area contributed by atoms with Gasteiger partial charge in [0.2, 0.25) is 5.91 Å². The Balaban J connectivity index is 2.08. The second-order valence-electron chi connectivity index (χ2n) is 5.60. The zero-order chi connectivity index (χ0) is 15.2. The van der Waals surface area contributed by atoms with Gasteiger partial charge in [0.05, 0.1) is 0 Å². The number of carboxylic acids is 1. The van der Waals surface area contributed by atoms with Crippen molar-refractivity contribution in [3.63, 3.8) is 0 Å². The largest absolute Gasteiger partial charge is 0.508 e. The highest BCUT2D eigenvalue weighted by Gasteiger charge is 2.23. The first-order chi connectivity index (χ1) is 10.1. The number of rotatable bonds is 5. The summed E-state index contributed by atoms with van der Waals surface area (Å²) in [6.07, 6.45) is 6.01. The Labute approximate surface area is 124 Å². The van der Waals surface area contributed by atoms with Crippen LogP contribution in [0.2, 0.25) is 0 Å². The van der Waals surface area contributed by atoms with Crippen LogP contribution in [0.15, 0.2) is 24.3 Å². The third kappa shape index (κ3) is 4.48. The van der Waals surface area contributed by atoms with Crippen molar-refractivity contribution < 1.29 is 19.8 Å². The molecule has 0 aliphatic heterocycles. The van der Waals surface area contributed by atoms with Crippen molar-refractivity contribution in [2.24, 2.45) is 5.92 Å². The van der Waals surface area contributed by atoms with E-state index in [9.17, 15) is 14.7 Å². The molecule has 2 N–H and O–H groups in total. The number of phenols is 1. The molecule has 0 bridgehead atoms. The van der Waals surface area contributed by atoms with E-state index in [1.807, 2.05) is 0 Å². The van der Waals surface area contributed by atoms with Crippen molar-refractivity contribution in [2.75, 3.05) is 11.4 Å². The summed E-state index contributed by atoms with van der Waals surface area (Å²) in [4.78, 5) is 24.7. The Morgan fingerprint density at radius 2 is 1.71 bits per heavy atom. The monoisotopic (exact) mass is 291 g/mol. The number of anilines is 1. The Kier molecular flexibility index (Phi) is 5.20. The van der Waals surface area contributed by atoms with Gasteiger partial charge in [-0.2, -0.15) is 0 Å². The number of carbonyl (C=O) groups excluding carboxylic acids is 1. The first-order valence-electron chi connectivity index (χ1n) is 7.37. The van der Waals surface area contributed by atoms with Crippen LogP contribution in [0.1, 0.15) is 38.5 Å². The normalized spacial score (nSPS) is 15.6. The number of hydrogen-bond donors (Lipinski definition) is 2. The summed E-state index contributed by atoms with van der Waals surface area (Å²) in [6, 6.07) is 6.05. The molecule has 1 aliphatic carbocycles. The van der Waals surface area contributed by atoms with Gasteiger partial charge in [0, 0.05) is 12.1 Å². The first-order valence-corrected chi connectivity index (χ1v) is 7.37. The highest BCUT2D eigenvalue weighted by molar-refractivity contribution is 5.97. The molecule has 1 fully saturated rings. The average Bonchev–Trinajstić information content (AvgIpc) is 2.46. The smallest absolute Gasteiger partial charge is 0.323 e. The molecule has 0 saturated heterocycles. The molecule has 1 aromatic carbocycles. The van der Waals surface area contributed by atoms with Crippen LogP contribution in [0.5, 0.6) is 5.75 Å². The van der Waals surface area contributed by atoms with Crippen LogP contribution >= 0.6 is 0 Å². The van der Waals surface area contributed by atoms with E-state index >= 15 is 0 Å². The maximum Gasteiger partial charge on any atom is 0.323 e. The standard InChI is InChI=1S/C16H21NO4/c18-14-8-6-13(7-9-14)17(11-16(20)21)15(19)10-12-4-2-1-3-5-12/h6-9,12,18H,1-5,10-11H2,(H,20,21). The van der Waals surface area contributed by atoms with Gasteiger partial charge in [-0.05, 0) is 43.0 Å². The van der Waals surface area contributed by atoms with Gasteiger partial charge < -0.3 is 15.1 Å². The van der Waals surface area contributed by atoms with Crippen molar-refractivity contribution in [1.29, 1.82) is 0 Å². The fourth-order valence-electron chi connectivity index (χ4n) is 2.84. The molecule has 0 heterocycles. The van der Waals surface area contributed by atoms with E-state index in [-0.39, 0.29) is 18.2 Å². The molecule has 5 heteroatoms. The third-order valence-corrected chi connectivity index (χ3v) is 3.94. The molecule has 0 radical (unpaired) electrons. The summed E-state index contributed by atoms with van der Waals surface area (Å²) in [5, 5.41) is 18.3. The van der Waals surface area contributed by atoms with Crippen molar-refractivity contribution in [2.45, 2.75) is 38.5 Å². The Bertz CT molecular complexity index is 492. The molecule has 1 saturated carbocycles. The molecule has 5 nitrogen and oxygen atoms in total. The van der Waals surface area contributed by atoms with Gasteiger partial charge in [0.15, 0.2) is 0 Å². The fraction of sp³-hybridized carbons (Fsp3) is 0.500. The van der Waals surface area contributed by atoms with E-state index in [1.165, 1.54) is 23.5 Å². The maximum absolute atomic E-state index is 12.4. The molecule has 114 valence electrons. The molecule has 1 amide bonds. The summed E-state index contributed by atoms with van der Waals surface area (Å²) >= 11 is 0. The molecule has 2 rings (SSSR count). The fourth-order valence-corrected chi connectivity index (χ4v) is 2.84. The van der Waals surface area contributed by atoms with Gasteiger partial charge in [-0.25, -0.2) is 0 Å². The number of carboxylic acid groups (broad SMARTS) is 1. The molecule has 0 aromatic heterocycles. The second kappa shape index (κ2) is 7.11. The van der Waals surface area contributed by atoms with Gasteiger partial charge in [-0.15, -0.1) is 0 Å². The van der Waals surface area contributed by atoms with Crippen molar-refractivity contribution in [3.05, 3.63) is 24.3 Å². The highest BCUT2D eigenvalue weighted by Crippen LogP contribution is 2.28. The average molecular weight is 291 g/mol. The van der Waals surface area contributed by atoms with Gasteiger partial charge in [0.1, 0.15) is 12.3 Å². The quantitative estimate of drug-likeness (QED) is 0.874. The van der Waals surface area contributed by atoms with Crippen LogP contribution in [-0.4, -0.2) is 28.6 Å². The molecular formula is C16H21NO4. The van der Waals surface area contributed by atoms with E-state index < -0.39 is 5.97 Å². The molecule has 0 spiro atoms. The molecule has 1 aliphatic rings. The number of hydrogen-bond acceptors (Lipinski definition) is 3. The molecular weight excluding hydrogens is 270 g/mol. The van der Waals surface area contributed by atoms with Crippen LogP contribution in [0.25, 0.3) is 0 Å². The topological polar surface area (TPSA) is 77.8 Å². The number of amides is 1. The lowest BCUT2D eigenvalue weighted by molar-refractivity contribution is -0.136. The summed E-state index contributed by atoms with van der Waals surface area (Å²) < 4.78 is 0. The minimum absolute atomic E-state index is 0.0914. The summed E-state index contributed by atoms with van der Waals surface area (Å²) in [7, 11) is 0. The lowest BCUT2D eigenvalue weighted by Gasteiger charge is -2.26. The minimum atomic E-state index is -1.04. The number of aromatic hydroxyl groups is 1. The number of nitrogens with zero attached hydrogens (tertiary/aromatic N) is 1. The third-order valence-electron chi connectivity index (χ3n) is 3.94. The number of phenolic OH excluding ortho intramolecular Hbond substituents is 1. The zero-order valence-corrected chi connectivity index (χ0v) is 12.0. The van der Waals surface area contributed by atoms with E-state index in [2.05, 4.69) is 0 Å². The molecule has 1 aromatic rings. The van der Waals surface area contributed by atoms with Crippen LogP contribution < -0.4 is 4.90 Å². The molecule has 21 heavy (non-hydrogen) atoms. The second-order valence-corrected chi connectivity index (χ2v) is 5.60. The van der Waals surface area contributed by atoms with Crippen LogP contribution in [0, 0.1) is 5.92 Å². The lowest BCUT2D eigenvalue weighted by Crippen LogP contribution is -2.36. The van der Waals surface area contributed by atoms with Crippen LogP contribution in [-0.2, 0) is 9.59 Å². The van der Waals surface area contributed by atoms with E-state index in [0.717, 1.165) is 25.7 Å². The van der Waals surface area contributed by atoms with Gasteiger partial charge >= 0.3 is 5.97 Å². The van der Waals surface area contributed by atoms with E-state index in [1.54, 1.807) is 12.1 Å². The summed E-state index contributed by atoms with van der Waals surface area (Å²) in [6.45, 7) is -0.351. The highest BCUT2D eigenvalue weighted by atomic mass is 16.4. The van der Waals surface area contributed by atoms with Gasteiger partial charge in [-0.3, -0.25) is 9.59 Å². The van der Waals surface area contributed by atoms with Crippen molar-refractivity contribution in [1.82, 2.24) is 0 Å². The lowest BCUT2D eigenvalue weighted by atomic mass is 9.86. The number of aliphatic carboxylic acids is 1. The van der Waals surface area contributed by atoms with Gasteiger partial charge in [-0.1, -0.05) is 19.3 Å². The van der Waals surface area contributed by atoms with Crippen molar-refractivity contribution >= 4 is 17.6 Å². The summed E-state index contributed by atoms with van der Waals surface area (Å²) in [5.74, 6) is -0.747. The van der Waals surface area contributed by atoms with Crippen LogP contribution in [0.4, 0.5) is 5.69 Å². The first kappa shape index (κ1) is 15.4. The number of benzene rings is 1. The minimum Gasteiger partial charge on any atom is -0.508 e. The number of carbonyl (C=O) groups is 2. The van der Waals surface area contributed by atoms with Gasteiger partial charge in [0.25, 0.3) is 0 Å². The predicted molar refractivity (Wildman–Crippen MR) is 79.3 cm³/mol. The SMILES string of the molecule is O=C(O)CN(C(=O)CC1CCCCC1)c1ccc(O)cc1. The Morgan fingerprint density at radius 3 is 2.29 bits per heavy atom. The maximum atomic E-state index is 12.4. The van der Waals surface area contributed by atoms with Crippen molar-refractivity contribution in [3.8, 4) is 5.75 Å². The van der Waals surface area contributed by atoms with Crippen LogP contribution in [0.3, 0.4) is 0 Å². The Hall–Kier alpha value is -2.04. The predicted octanol–water partition coefficient (Wildman–Crippen LogP) is 2.78. The summed E-state index contributed by atoms with van der Waals surface area (Å²) in [5.41, 5.74) is 0.510. The van der Waals surface area contributed by atoms with E-state index in [4.69, 9.17) is 5.11 Å². The van der Waals surface area contributed by atoms with E-state index in [0.29, 0.717) is 18.0 Å². The Morgan fingerprint density at radius 1 is 1.10 bits per heavy atom.